The summed E-state index contributed by atoms with van der Waals surface area (Å²) in [6.45, 7) is 0.686. The molecular formula is C20H20N4O4. The average molecular weight is 380 g/mol. The van der Waals surface area contributed by atoms with Crippen molar-refractivity contribution in [3.8, 4) is 16.9 Å². The van der Waals surface area contributed by atoms with Crippen LogP contribution in [0.5, 0.6) is 5.75 Å². The van der Waals surface area contributed by atoms with Crippen molar-refractivity contribution in [3.63, 3.8) is 0 Å². The summed E-state index contributed by atoms with van der Waals surface area (Å²) in [7, 11) is 0. The highest BCUT2D eigenvalue weighted by atomic mass is 16.5. The van der Waals surface area contributed by atoms with Crippen LogP contribution in [-0.2, 0) is 0 Å². The molecule has 28 heavy (non-hydrogen) atoms. The largest absolute Gasteiger partial charge is 0.494 e. The van der Waals surface area contributed by atoms with E-state index in [-0.39, 0.29) is 11.4 Å². The number of H-pyrrole nitrogens is 2. The number of ether oxygens (including phenoxy) is 1. The van der Waals surface area contributed by atoms with Gasteiger partial charge >= 0.3 is 5.69 Å². The fraction of sp³-hybridized carbons (Fsp3) is 0.150. The number of benzene rings is 2. The van der Waals surface area contributed by atoms with Gasteiger partial charge in [-0.1, -0.05) is 42.5 Å². The van der Waals surface area contributed by atoms with Crippen LogP contribution in [-0.4, -0.2) is 29.0 Å². The predicted molar refractivity (Wildman–Crippen MR) is 106 cm³/mol. The zero-order chi connectivity index (χ0) is 19.9. The van der Waals surface area contributed by atoms with Gasteiger partial charge in [0.15, 0.2) is 0 Å². The molecule has 0 spiro atoms. The number of hydrogen-bond donors (Lipinski definition) is 4. The Bertz CT molecular complexity index is 1070. The number of amides is 1. The van der Waals surface area contributed by atoms with Gasteiger partial charge < -0.3 is 20.8 Å². The van der Waals surface area contributed by atoms with E-state index in [1.54, 1.807) is 0 Å². The van der Waals surface area contributed by atoms with Crippen LogP contribution >= 0.6 is 0 Å². The molecule has 0 aliphatic carbocycles. The van der Waals surface area contributed by atoms with Crippen LogP contribution in [0.2, 0.25) is 0 Å². The summed E-state index contributed by atoms with van der Waals surface area (Å²) in [5.41, 5.74) is 5.52. The molecule has 0 bridgehead atoms. The van der Waals surface area contributed by atoms with Crippen LogP contribution in [0, 0.1) is 0 Å². The van der Waals surface area contributed by atoms with Crippen LogP contribution in [0.3, 0.4) is 0 Å². The first-order chi connectivity index (χ1) is 13.5. The molecule has 3 aromatic rings. The highest BCUT2D eigenvalue weighted by Crippen LogP contribution is 2.23. The molecule has 0 aliphatic rings. The van der Waals surface area contributed by atoms with Crippen LogP contribution in [0.4, 0.5) is 5.69 Å². The molecule has 0 radical (unpaired) electrons. The maximum absolute atomic E-state index is 12.0. The molecule has 1 heterocycles. The monoisotopic (exact) mass is 380 g/mol. The topological polar surface area (TPSA) is 130 Å². The number of carbonyl (C=O) groups excluding carboxylic acids is 1. The minimum Gasteiger partial charge on any atom is -0.494 e. The Balaban J connectivity index is 1.50. The molecule has 3 rings (SSSR count). The highest BCUT2D eigenvalue weighted by molar-refractivity contribution is 5.96. The zero-order valence-electron chi connectivity index (χ0n) is 15.0. The Hall–Kier alpha value is -3.81. The third-order valence-corrected chi connectivity index (χ3v) is 4.02. The standard InChI is InChI=1S/C20H20N4O4/c21-16-17(23-20(27)24-18(16)25)19(26)22-10-5-11-28-15-9-4-8-14(12-15)13-6-2-1-3-7-13/h1-4,6-9,12H,5,10-11,21H2,(H,22,26)(H2,23,24,25,27). The molecule has 5 N–H and O–H groups in total. The molecule has 1 aromatic heterocycles. The number of aromatic amines is 2. The first-order valence-corrected chi connectivity index (χ1v) is 8.73. The van der Waals surface area contributed by atoms with Crippen LogP contribution in [0.25, 0.3) is 11.1 Å². The average Bonchev–Trinajstić information content (AvgIpc) is 2.71. The van der Waals surface area contributed by atoms with E-state index in [1.807, 2.05) is 59.6 Å². The summed E-state index contributed by atoms with van der Waals surface area (Å²) in [6.07, 6.45) is 0.536. The van der Waals surface area contributed by atoms with Gasteiger partial charge in [-0.05, 0) is 29.7 Å². The summed E-state index contributed by atoms with van der Waals surface area (Å²) in [4.78, 5) is 38.9. The van der Waals surface area contributed by atoms with E-state index in [4.69, 9.17) is 10.5 Å². The highest BCUT2D eigenvalue weighted by Gasteiger charge is 2.13. The van der Waals surface area contributed by atoms with E-state index in [0.29, 0.717) is 19.6 Å². The maximum atomic E-state index is 12.0. The Morgan fingerprint density at radius 1 is 1.00 bits per heavy atom. The Morgan fingerprint density at radius 2 is 1.75 bits per heavy atom. The van der Waals surface area contributed by atoms with Gasteiger partial charge in [0, 0.05) is 6.54 Å². The Kier molecular flexibility index (Phi) is 5.91. The van der Waals surface area contributed by atoms with E-state index in [2.05, 4.69) is 10.3 Å². The fourth-order valence-corrected chi connectivity index (χ4v) is 2.62. The van der Waals surface area contributed by atoms with E-state index in [0.717, 1.165) is 16.9 Å². The Morgan fingerprint density at radius 3 is 2.54 bits per heavy atom. The van der Waals surface area contributed by atoms with Gasteiger partial charge in [-0.25, -0.2) is 4.79 Å². The number of aromatic nitrogens is 2. The minimum absolute atomic E-state index is 0.245. The molecule has 0 aliphatic heterocycles. The zero-order valence-corrected chi connectivity index (χ0v) is 15.0. The molecule has 144 valence electrons. The number of nitrogens with two attached hydrogens (primary N) is 1. The van der Waals surface area contributed by atoms with Gasteiger partial charge in [-0.3, -0.25) is 14.6 Å². The lowest BCUT2D eigenvalue weighted by molar-refractivity contribution is 0.0947. The summed E-state index contributed by atoms with van der Waals surface area (Å²) in [6, 6.07) is 17.7. The van der Waals surface area contributed by atoms with E-state index in [1.165, 1.54) is 0 Å². The van der Waals surface area contributed by atoms with Gasteiger partial charge in [-0.2, -0.15) is 0 Å². The molecule has 8 heteroatoms. The second-order valence-electron chi connectivity index (χ2n) is 6.05. The third-order valence-electron chi connectivity index (χ3n) is 4.02. The molecule has 1 amide bonds. The smallest absolute Gasteiger partial charge is 0.326 e. The van der Waals surface area contributed by atoms with Crippen LogP contribution in [0.1, 0.15) is 16.9 Å². The van der Waals surface area contributed by atoms with Gasteiger partial charge in [0.25, 0.3) is 11.5 Å². The molecule has 0 fully saturated rings. The van der Waals surface area contributed by atoms with Crippen molar-refractivity contribution < 1.29 is 9.53 Å². The van der Waals surface area contributed by atoms with E-state index in [9.17, 15) is 14.4 Å². The molecule has 0 saturated carbocycles. The summed E-state index contributed by atoms with van der Waals surface area (Å²) < 4.78 is 5.73. The fourth-order valence-electron chi connectivity index (χ4n) is 2.62. The Labute approximate surface area is 160 Å². The van der Waals surface area contributed by atoms with Gasteiger partial charge in [0.2, 0.25) is 0 Å². The van der Waals surface area contributed by atoms with Crippen molar-refractivity contribution in [2.24, 2.45) is 0 Å². The molecule has 2 aromatic carbocycles. The van der Waals surface area contributed by atoms with Crippen molar-refractivity contribution in [3.05, 3.63) is 81.1 Å². The van der Waals surface area contributed by atoms with Crippen LogP contribution < -0.4 is 27.0 Å². The number of nitrogens with one attached hydrogen (secondary N) is 3. The van der Waals surface area contributed by atoms with Gasteiger partial charge in [-0.15, -0.1) is 0 Å². The minimum atomic E-state index is -0.796. The van der Waals surface area contributed by atoms with Gasteiger partial charge in [0.05, 0.1) is 6.61 Å². The number of rotatable bonds is 7. The van der Waals surface area contributed by atoms with Gasteiger partial charge in [0.1, 0.15) is 17.1 Å². The van der Waals surface area contributed by atoms with E-state index >= 15 is 0 Å². The summed E-state index contributed by atoms with van der Waals surface area (Å²) in [5, 5.41) is 2.60. The predicted octanol–water partition coefficient (Wildman–Crippen LogP) is 1.51. The van der Waals surface area contributed by atoms with E-state index < -0.39 is 17.2 Å². The number of carbonyl (C=O) groups is 1. The molecule has 0 atom stereocenters. The first kappa shape index (κ1) is 19.0. The lowest BCUT2D eigenvalue weighted by Crippen LogP contribution is -2.34. The second-order valence-corrected chi connectivity index (χ2v) is 6.05. The first-order valence-electron chi connectivity index (χ1n) is 8.73. The normalized spacial score (nSPS) is 10.4. The lowest BCUT2D eigenvalue weighted by Gasteiger charge is -2.09. The van der Waals surface area contributed by atoms with Crippen molar-refractivity contribution in [1.29, 1.82) is 0 Å². The van der Waals surface area contributed by atoms with Crippen molar-refractivity contribution >= 4 is 11.6 Å². The molecular weight excluding hydrogens is 360 g/mol. The summed E-state index contributed by atoms with van der Waals surface area (Å²) >= 11 is 0. The molecule has 0 saturated heterocycles. The SMILES string of the molecule is Nc1c(C(=O)NCCCOc2cccc(-c3ccccc3)c2)[nH]c(=O)[nH]c1=O. The number of hydrogen-bond acceptors (Lipinski definition) is 5. The lowest BCUT2D eigenvalue weighted by atomic mass is 10.1. The maximum Gasteiger partial charge on any atom is 0.326 e. The molecule has 0 unspecified atom stereocenters. The molecule has 8 nitrogen and oxygen atoms in total. The van der Waals surface area contributed by atoms with Crippen molar-refractivity contribution in [2.75, 3.05) is 18.9 Å². The summed E-state index contributed by atoms with van der Waals surface area (Å²) in [5.74, 6) is 0.114. The van der Waals surface area contributed by atoms with Crippen LogP contribution in [0.15, 0.2) is 64.2 Å². The quantitative estimate of drug-likeness (QED) is 0.462. The number of nitrogen functional groups attached to an aromatic ring is 1. The third kappa shape index (κ3) is 4.67. The van der Waals surface area contributed by atoms with Crippen molar-refractivity contribution in [2.45, 2.75) is 6.42 Å². The second kappa shape index (κ2) is 8.72. The number of anilines is 1. The van der Waals surface area contributed by atoms with Crippen molar-refractivity contribution in [1.82, 2.24) is 15.3 Å².